The smallest absolute Gasteiger partial charge is 0.408 e. The number of carbonyl (C=O) groups excluding carboxylic acids is 3. The summed E-state index contributed by atoms with van der Waals surface area (Å²) in [5.41, 5.74) is 4.19. The highest BCUT2D eigenvalue weighted by atomic mass is 16.6. The molecule has 0 aromatic rings. The van der Waals surface area contributed by atoms with E-state index in [0.29, 0.717) is 0 Å². The van der Waals surface area contributed by atoms with E-state index in [0.717, 1.165) is 57.8 Å². The van der Waals surface area contributed by atoms with Gasteiger partial charge in [-0.1, -0.05) is 38.5 Å². The topological polar surface area (TPSA) is 157 Å². The number of nitrogens with two attached hydrogens (primary N) is 1. The molecule has 2 rings (SSSR count). The Morgan fingerprint density at radius 1 is 0.694 bits per heavy atom. The number of nitrogens with one attached hydrogen (secondary N) is 2. The quantitative estimate of drug-likeness (QED) is 0.407. The molecular weight excluding hydrogens is 466 g/mol. The molecule has 2 aliphatic rings. The molecule has 0 heterocycles. The number of amides is 3. The summed E-state index contributed by atoms with van der Waals surface area (Å²) in [7, 11) is 0. The molecule has 2 atom stereocenters. The van der Waals surface area contributed by atoms with Crippen molar-refractivity contribution in [2.24, 2.45) is 17.6 Å². The largest absolute Gasteiger partial charge is 0.480 e. The zero-order valence-corrected chi connectivity index (χ0v) is 22.9. The van der Waals surface area contributed by atoms with Gasteiger partial charge in [-0.25, -0.2) is 14.4 Å². The normalized spacial score (nSPS) is 19.1. The monoisotopic (exact) mass is 513 g/mol. The summed E-state index contributed by atoms with van der Waals surface area (Å²) in [5.74, 6) is -1.30. The van der Waals surface area contributed by atoms with Crippen LogP contribution in [0, 0.1) is 11.8 Å². The van der Waals surface area contributed by atoms with E-state index in [-0.39, 0.29) is 11.8 Å². The molecule has 0 radical (unpaired) electrons. The second-order valence-electron chi connectivity index (χ2n) is 11.8. The van der Waals surface area contributed by atoms with E-state index in [4.69, 9.17) is 15.2 Å². The van der Waals surface area contributed by atoms with E-state index in [9.17, 15) is 24.3 Å². The summed E-state index contributed by atoms with van der Waals surface area (Å²) in [4.78, 5) is 46.0. The predicted octanol–water partition coefficient (Wildman–Crippen LogP) is 4.49. The molecule has 0 bridgehead atoms. The Balaban J connectivity index is 0.000000360. The lowest BCUT2D eigenvalue weighted by Crippen LogP contribution is -2.50. The summed E-state index contributed by atoms with van der Waals surface area (Å²) in [6.45, 7) is 10.6. The van der Waals surface area contributed by atoms with Crippen LogP contribution >= 0.6 is 0 Å². The molecule has 0 aliphatic heterocycles. The fourth-order valence-electron chi connectivity index (χ4n) is 4.61. The van der Waals surface area contributed by atoms with E-state index in [1.54, 1.807) is 41.5 Å². The average molecular weight is 514 g/mol. The molecule has 5 N–H and O–H groups in total. The van der Waals surface area contributed by atoms with E-state index in [2.05, 4.69) is 10.6 Å². The number of carboxylic acids is 1. The van der Waals surface area contributed by atoms with E-state index in [1.165, 1.54) is 6.42 Å². The summed E-state index contributed by atoms with van der Waals surface area (Å²) in [6.07, 6.45) is 8.93. The van der Waals surface area contributed by atoms with Crippen LogP contribution < -0.4 is 16.4 Å². The van der Waals surface area contributed by atoms with Crippen molar-refractivity contribution in [1.29, 1.82) is 0 Å². The summed E-state index contributed by atoms with van der Waals surface area (Å²) >= 11 is 0. The van der Waals surface area contributed by atoms with Crippen molar-refractivity contribution < 1.29 is 33.8 Å². The van der Waals surface area contributed by atoms with Gasteiger partial charge in [0.2, 0.25) is 5.91 Å². The highest BCUT2D eigenvalue weighted by molar-refractivity contribution is 5.84. The minimum Gasteiger partial charge on any atom is -0.480 e. The Hall–Kier alpha value is -2.52. The van der Waals surface area contributed by atoms with Gasteiger partial charge in [0.05, 0.1) is 0 Å². The van der Waals surface area contributed by atoms with Crippen molar-refractivity contribution in [3.8, 4) is 0 Å². The second kappa shape index (κ2) is 14.3. The van der Waals surface area contributed by atoms with Gasteiger partial charge in [-0.05, 0) is 79.1 Å². The number of aliphatic carboxylic acids is 1. The van der Waals surface area contributed by atoms with Gasteiger partial charge in [0.15, 0.2) is 0 Å². The van der Waals surface area contributed by atoms with Gasteiger partial charge in [-0.3, -0.25) is 4.79 Å². The molecule has 3 amide bonds. The maximum Gasteiger partial charge on any atom is 0.408 e. The van der Waals surface area contributed by atoms with Crippen molar-refractivity contribution in [3.63, 3.8) is 0 Å². The Kier molecular flexibility index (Phi) is 12.5. The number of alkyl carbamates (subject to hydrolysis) is 2. The number of rotatable bonds is 6. The fourth-order valence-corrected chi connectivity index (χ4v) is 4.61. The van der Waals surface area contributed by atoms with Crippen LogP contribution in [0.5, 0.6) is 0 Å². The third kappa shape index (κ3) is 13.0. The van der Waals surface area contributed by atoms with Gasteiger partial charge >= 0.3 is 18.2 Å². The molecule has 0 spiro atoms. The number of carboxylic acid groups (broad SMARTS) is 1. The van der Waals surface area contributed by atoms with Crippen molar-refractivity contribution in [2.75, 3.05) is 0 Å². The Morgan fingerprint density at radius 2 is 1.03 bits per heavy atom. The number of ether oxygens (including phenoxy) is 2. The number of primary amides is 1. The lowest BCUT2D eigenvalue weighted by Gasteiger charge is -2.29. The third-order valence-corrected chi connectivity index (χ3v) is 6.16. The van der Waals surface area contributed by atoms with Gasteiger partial charge in [0.1, 0.15) is 23.3 Å². The van der Waals surface area contributed by atoms with Gasteiger partial charge in [-0.15, -0.1) is 0 Å². The highest BCUT2D eigenvalue weighted by Crippen LogP contribution is 2.27. The molecule has 2 saturated carbocycles. The zero-order valence-electron chi connectivity index (χ0n) is 22.9. The molecule has 0 saturated heterocycles. The summed E-state index contributed by atoms with van der Waals surface area (Å²) in [6, 6.07) is -1.44. The van der Waals surface area contributed by atoms with Crippen molar-refractivity contribution in [1.82, 2.24) is 10.6 Å². The molecule has 0 unspecified atom stereocenters. The van der Waals surface area contributed by atoms with Crippen LogP contribution in [0.15, 0.2) is 0 Å². The molecule has 36 heavy (non-hydrogen) atoms. The first-order chi connectivity index (χ1) is 16.6. The zero-order chi connectivity index (χ0) is 27.5. The van der Waals surface area contributed by atoms with E-state index in [1.807, 2.05) is 0 Å². The summed E-state index contributed by atoms with van der Waals surface area (Å²) in [5, 5.41) is 14.3. The highest BCUT2D eigenvalue weighted by Gasteiger charge is 2.32. The van der Waals surface area contributed by atoms with Crippen molar-refractivity contribution in [2.45, 2.75) is 129 Å². The van der Waals surface area contributed by atoms with Crippen LogP contribution in [0.3, 0.4) is 0 Å². The van der Waals surface area contributed by atoms with Gasteiger partial charge < -0.3 is 30.9 Å². The van der Waals surface area contributed by atoms with Crippen molar-refractivity contribution in [3.05, 3.63) is 0 Å². The lowest BCUT2D eigenvalue weighted by atomic mass is 9.83. The standard InChI is InChI=1S/C13H24N2O3.C13H23NO4/c1-13(2,3)18-12(17)15-10(11(14)16)9-7-5-4-6-8-9;1-13(2,3)18-12(17)14-10(11(15)16)9-7-5-4-6-8-9/h9-10H,4-8H2,1-3H3,(H2,14,16)(H,15,17);9-10H,4-8H2,1-3H3,(H,14,17)(H,15,16)/t2*10-/m11/s1. The van der Waals surface area contributed by atoms with Crippen LogP contribution in [0.2, 0.25) is 0 Å². The van der Waals surface area contributed by atoms with Crippen LogP contribution in [0.25, 0.3) is 0 Å². The SMILES string of the molecule is CC(C)(C)OC(=O)N[C@@H](C(=O)O)C1CCCCC1.CC(C)(C)OC(=O)N[C@@H](C(N)=O)C1CCCCC1. The molecule has 0 aromatic heterocycles. The number of hydrogen-bond acceptors (Lipinski definition) is 6. The van der Waals surface area contributed by atoms with Gasteiger partial charge in [-0.2, -0.15) is 0 Å². The molecule has 0 aromatic carbocycles. The third-order valence-electron chi connectivity index (χ3n) is 6.16. The molecule has 208 valence electrons. The van der Waals surface area contributed by atoms with E-state index >= 15 is 0 Å². The molecular formula is C26H47N3O7. The number of carbonyl (C=O) groups is 4. The predicted molar refractivity (Wildman–Crippen MR) is 136 cm³/mol. The van der Waals surface area contributed by atoms with Gasteiger partial charge in [0.25, 0.3) is 0 Å². The van der Waals surface area contributed by atoms with E-state index < -0.39 is 47.3 Å². The first-order valence-electron chi connectivity index (χ1n) is 13.1. The fraction of sp³-hybridized carbons (Fsp3) is 0.846. The maximum absolute atomic E-state index is 11.7. The van der Waals surface area contributed by atoms with Crippen molar-refractivity contribution >= 4 is 24.1 Å². The van der Waals surface area contributed by atoms with Crippen LogP contribution in [0.1, 0.15) is 106 Å². The molecule has 10 heteroatoms. The average Bonchev–Trinajstić information content (AvgIpc) is 2.75. The minimum atomic E-state index is -0.979. The first-order valence-corrected chi connectivity index (χ1v) is 13.1. The second-order valence-corrected chi connectivity index (χ2v) is 11.8. The maximum atomic E-state index is 11.7. The van der Waals surface area contributed by atoms with Crippen LogP contribution in [0.4, 0.5) is 9.59 Å². The number of hydrogen-bond donors (Lipinski definition) is 4. The first kappa shape index (κ1) is 31.5. The Morgan fingerprint density at radius 3 is 1.33 bits per heavy atom. The molecule has 2 fully saturated rings. The summed E-state index contributed by atoms with van der Waals surface area (Å²) < 4.78 is 10.2. The Labute approximate surface area is 215 Å². The van der Waals surface area contributed by atoms with Gasteiger partial charge in [0, 0.05) is 0 Å². The molecule has 10 nitrogen and oxygen atoms in total. The lowest BCUT2D eigenvalue weighted by molar-refractivity contribution is -0.141. The van der Waals surface area contributed by atoms with Crippen LogP contribution in [-0.2, 0) is 19.1 Å². The minimum absolute atomic E-state index is 0.0174. The molecule has 2 aliphatic carbocycles. The Bertz CT molecular complexity index is 669. The van der Waals surface area contributed by atoms with Crippen LogP contribution in [-0.4, -0.2) is 52.5 Å².